The molecule has 3 heteroatoms. The Morgan fingerprint density at radius 2 is 1.44 bits per heavy atom. The van der Waals surface area contributed by atoms with Gasteiger partial charge in [-0.2, -0.15) is 0 Å². The van der Waals surface area contributed by atoms with Crippen molar-refractivity contribution >= 4 is 0 Å². The van der Waals surface area contributed by atoms with Gasteiger partial charge in [-0.15, -0.1) is 0 Å². The molecule has 0 spiro atoms. The molecule has 1 aliphatic rings. The zero-order valence-electron chi connectivity index (χ0n) is 6.30. The van der Waals surface area contributed by atoms with E-state index in [2.05, 4.69) is 12.2 Å². The Kier molecular flexibility index (Phi) is 8.10. The van der Waals surface area contributed by atoms with E-state index in [1.807, 2.05) is 0 Å². The van der Waals surface area contributed by atoms with Crippen LogP contribution in [0, 0.1) is 0 Å². The first kappa shape index (κ1) is 9.05. The molecular formula is C6H11O2Ti+. The van der Waals surface area contributed by atoms with E-state index < -0.39 is 19.1 Å². The van der Waals surface area contributed by atoms with Gasteiger partial charge in [-0.05, 0) is 25.7 Å². The Hall–Kier alpha value is 0.0543. The van der Waals surface area contributed by atoms with Gasteiger partial charge in [0.2, 0.25) is 0 Å². The Labute approximate surface area is 65.4 Å². The van der Waals surface area contributed by atoms with Crippen LogP contribution >= 0.6 is 0 Å². The normalized spacial score (nSPS) is 15.1. The minimum atomic E-state index is -2.00. The average Bonchev–Trinajstić information content (AvgIpc) is 1.93. The summed E-state index contributed by atoms with van der Waals surface area (Å²) in [6.45, 7) is 0. The Morgan fingerprint density at radius 3 is 1.56 bits per heavy atom. The second-order valence-electron chi connectivity index (χ2n) is 1.84. The monoisotopic (exact) mass is 163 g/mol. The second kappa shape index (κ2) is 8.05. The molecule has 0 radical (unpaired) electrons. The topological polar surface area (TPSA) is 34.1 Å². The van der Waals surface area contributed by atoms with E-state index in [0.29, 0.717) is 0 Å². The molecular weight excluding hydrogens is 152 g/mol. The third-order valence-corrected chi connectivity index (χ3v) is 1.16. The van der Waals surface area contributed by atoms with Gasteiger partial charge in [-0.3, -0.25) is 0 Å². The summed E-state index contributed by atoms with van der Waals surface area (Å²) in [5, 5.41) is 0. The van der Waals surface area contributed by atoms with Crippen molar-refractivity contribution in [1.82, 2.24) is 0 Å². The van der Waals surface area contributed by atoms with Gasteiger partial charge in [-0.25, -0.2) is 0 Å². The molecule has 1 aliphatic carbocycles. The molecule has 0 saturated heterocycles. The van der Waals surface area contributed by atoms with Gasteiger partial charge in [0.15, 0.2) is 0 Å². The molecule has 0 atom stereocenters. The molecule has 9 heavy (non-hydrogen) atoms. The van der Waals surface area contributed by atoms with Crippen molar-refractivity contribution in [2.24, 2.45) is 0 Å². The van der Waals surface area contributed by atoms with Crippen LogP contribution in [0.25, 0.3) is 0 Å². The van der Waals surface area contributed by atoms with Crippen molar-refractivity contribution in [2.45, 2.75) is 25.7 Å². The van der Waals surface area contributed by atoms with Crippen LogP contribution in [0.5, 0.6) is 0 Å². The van der Waals surface area contributed by atoms with Crippen molar-refractivity contribution in [1.29, 1.82) is 0 Å². The molecule has 0 heterocycles. The van der Waals surface area contributed by atoms with Crippen molar-refractivity contribution in [2.75, 3.05) is 0 Å². The first-order valence-corrected chi connectivity index (χ1v) is 4.33. The van der Waals surface area contributed by atoms with E-state index in [1.54, 1.807) is 0 Å². The van der Waals surface area contributed by atoms with Crippen molar-refractivity contribution in [3.05, 3.63) is 12.2 Å². The van der Waals surface area contributed by atoms with E-state index in [4.69, 9.17) is 6.65 Å². The van der Waals surface area contributed by atoms with E-state index in [9.17, 15) is 0 Å². The number of rotatable bonds is 0. The third-order valence-electron chi connectivity index (χ3n) is 1.16. The standard InChI is InChI=1S/C6H10.2O.Ti/c1-2-4-6-5-3-1;;;/h1-2H,3-6H2;;;/p+1. The molecule has 0 aliphatic heterocycles. The average molecular weight is 163 g/mol. The first-order valence-electron chi connectivity index (χ1n) is 3.06. The number of hydrogen-bond acceptors (Lipinski definition) is 2. The minimum absolute atomic E-state index is 0. The molecule has 0 aromatic carbocycles. The fourth-order valence-corrected chi connectivity index (χ4v) is 0.760. The zero-order chi connectivity index (χ0) is 6.95. The van der Waals surface area contributed by atoms with E-state index in [1.165, 1.54) is 25.7 Å². The molecule has 0 aromatic heterocycles. The quantitative estimate of drug-likeness (QED) is 0.404. The summed E-state index contributed by atoms with van der Waals surface area (Å²) >= 11 is -2.00. The third kappa shape index (κ3) is 8.05. The van der Waals surface area contributed by atoms with Crippen LogP contribution in [0.3, 0.4) is 0 Å². The van der Waals surface area contributed by atoms with Gasteiger partial charge in [0, 0.05) is 0 Å². The summed E-state index contributed by atoms with van der Waals surface area (Å²) in [6, 6.07) is 0. The number of allylic oxidation sites excluding steroid dienone is 2. The second-order valence-corrected chi connectivity index (χ2v) is 2.10. The molecule has 50 valence electrons. The molecule has 0 fully saturated rings. The maximum absolute atomic E-state index is 8.50. The van der Waals surface area contributed by atoms with Crippen LogP contribution in [0.1, 0.15) is 27.1 Å². The predicted octanol–water partition coefficient (Wildman–Crippen LogP) is 1.99. The summed E-state index contributed by atoms with van der Waals surface area (Å²) in [7, 11) is 0. The maximum atomic E-state index is 8.50. The zero-order valence-corrected chi connectivity index (χ0v) is 6.86. The fraction of sp³-hybridized carbons (Fsp3) is 0.667. The van der Waals surface area contributed by atoms with Gasteiger partial charge in [0.05, 0.1) is 0 Å². The van der Waals surface area contributed by atoms with Gasteiger partial charge < -0.3 is 0 Å². The Balaban J connectivity index is 0. The van der Waals surface area contributed by atoms with Crippen LogP contribution in [-0.2, 0) is 25.7 Å². The van der Waals surface area contributed by atoms with E-state index in [-0.39, 0.29) is 1.43 Å². The number of hydrogen-bond donors (Lipinski definition) is 0. The van der Waals surface area contributed by atoms with Crippen molar-refractivity contribution in [3.63, 3.8) is 0 Å². The van der Waals surface area contributed by atoms with Gasteiger partial charge in [0.1, 0.15) is 0 Å². The van der Waals surface area contributed by atoms with Crippen molar-refractivity contribution < 1.29 is 27.2 Å². The summed E-state index contributed by atoms with van der Waals surface area (Å²) in [5.74, 6) is 0. The van der Waals surface area contributed by atoms with Crippen LogP contribution in [0.2, 0.25) is 0 Å². The molecule has 0 aromatic rings. The van der Waals surface area contributed by atoms with Crippen molar-refractivity contribution in [3.8, 4) is 0 Å². The van der Waals surface area contributed by atoms with Crippen LogP contribution < -0.4 is 0 Å². The summed E-state index contributed by atoms with van der Waals surface area (Å²) in [5.41, 5.74) is 0. The fourth-order valence-electron chi connectivity index (χ4n) is 0.760. The molecule has 2 nitrogen and oxygen atoms in total. The molecule has 0 bridgehead atoms. The first-order chi connectivity index (χ1) is 4.41. The SMILES string of the molecule is C1=CCCCC1.[H+].[O]=[Ti]=[O]. The van der Waals surface area contributed by atoms with E-state index >= 15 is 0 Å². The van der Waals surface area contributed by atoms with Crippen LogP contribution in [0.15, 0.2) is 12.2 Å². The van der Waals surface area contributed by atoms with Crippen LogP contribution in [-0.4, -0.2) is 0 Å². The van der Waals surface area contributed by atoms with Gasteiger partial charge in [0.25, 0.3) is 0 Å². The summed E-state index contributed by atoms with van der Waals surface area (Å²) in [6.07, 6.45) is 10.0. The molecule has 0 saturated carbocycles. The van der Waals surface area contributed by atoms with E-state index in [0.717, 1.165) is 0 Å². The Morgan fingerprint density at radius 1 is 1.11 bits per heavy atom. The van der Waals surface area contributed by atoms with Gasteiger partial charge >= 0.3 is 27.2 Å². The molecule has 0 amide bonds. The summed E-state index contributed by atoms with van der Waals surface area (Å²) < 4.78 is 17.0. The molecule has 0 N–H and O–H groups in total. The molecule has 1 rings (SSSR count). The van der Waals surface area contributed by atoms with Gasteiger partial charge in [-0.1, -0.05) is 12.2 Å². The summed E-state index contributed by atoms with van der Waals surface area (Å²) in [4.78, 5) is 0. The van der Waals surface area contributed by atoms with Crippen LogP contribution in [0.4, 0.5) is 0 Å². The molecule has 0 unspecified atom stereocenters. The Bertz CT molecular complexity index is 111. The predicted molar refractivity (Wildman–Crippen MR) is 30.1 cm³/mol.